The normalized spacial score (nSPS) is 17.1. The first-order valence-electron chi connectivity index (χ1n) is 9.30. The molecule has 2 aromatic rings. The van der Waals surface area contributed by atoms with Gasteiger partial charge < -0.3 is 15.1 Å². The fraction of sp³-hybridized carbons (Fsp3) is 0.556. The molecule has 9 heteroatoms. The van der Waals surface area contributed by atoms with Crippen molar-refractivity contribution in [3.63, 3.8) is 0 Å². The van der Waals surface area contributed by atoms with Crippen LogP contribution in [-0.4, -0.2) is 35.0 Å². The zero-order chi connectivity index (χ0) is 19.2. The van der Waals surface area contributed by atoms with Crippen LogP contribution in [0.2, 0.25) is 0 Å². The van der Waals surface area contributed by atoms with E-state index in [1.807, 2.05) is 0 Å². The van der Waals surface area contributed by atoms with Crippen molar-refractivity contribution in [2.45, 2.75) is 38.6 Å². The van der Waals surface area contributed by atoms with Crippen LogP contribution in [0.3, 0.4) is 0 Å². The number of rotatable bonds is 8. The van der Waals surface area contributed by atoms with Crippen molar-refractivity contribution >= 4 is 22.7 Å². The highest BCUT2D eigenvalue weighted by atomic mass is 16.6. The highest BCUT2D eigenvalue weighted by Gasteiger charge is 2.15. The molecule has 1 saturated heterocycles. The molecule has 9 nitrogen and oxygen atoms in total. The summed E-state index contributed by atoms with van der Waals surface area (Å²) < 4.78 is 6.48. The number of nitro benzene ring substituents is 1. The molecular weight excluding hydrogens is 352 g/mol. The van der Waals surface area contributed by atoms with E-state index in [1.165, 1.54) is 35.6 Å². The van der Waals surface area contributed by atoms with Crippen LogP contribution in [0.15, 0.2) is 27.4 Å². The molecular formula is C18H24N4O5. The second-order valence-electron chi connectivity index (χ2n) is 6.88. The fourth-order valence-corrected chi connectivity index (χ4v) is 3.45. The summed E-state index contributed by atoms with van der Waals surface area (Å²) in [5, 5.41) is 17.1. The van der Waals surface area contributed by atoms with Gasteiger partial charge in [0.05, 0.1) is 16.5 Å². The van der Waals surface area contributed by atoms with E-state index in [0.29, 0.717) is 37.4 Å². The van der Waals surface area contributed by atoms with Crippen LogP contribution in [0, 0.1) is 16.0 Å². The number of nitrogens with one attached hydrogen (secondary N) is 2. The molecule has 1 unspecified atom stereocenters. The van der Waals surface area contributed by atoms with E-state index in [9.17, 15) is 19.7 Å². The lowest BCUT2D eigenvalue weighted by Crippen LogP contribution is -2.33. The van der Waals surface area contributed by atoms with Gasteiger partial charge in [0, 0.05) is 25.6 Å². The minimum absolute atomic E-state index is 0.0322. The van der Waals surface area contributed by atoms with Gasteiger partial charge in [0.2, 0.25) is 5.91 Å². The maximum atomic E-state index is 12.0. The molecule has 0 spiro atoms. The van der Waals surface area contributed by atoms with Crippen LogP contribution in [-0.2, 0) is 11.3 Å². The minimum Gasteiger partial charge on any atom is -0.407 e. The van der Waals surface area contributed by atoms with Gasteiger partial charge in [-0.3, -0.25) is 19.5 Å². The number of nitrogens with zero attached hydrogens (tertiary/aromatic N) is 2. The molecule has 1 aromatic heterocycles. The van der Waals surface area contributed by atoms with Crippen LogP contribution in [0.5, 0.6) is 0 Å². The number of aromatic nitrogens is 1. The summed E-state index contributed by atoms with van der Waals surface area (Å²) in [5.74, 6) is 0.0185. The van der Waals surface area contributed by atoms with Crippen LogP contribution < -0.4 is 16.4 Å². The molecule has 146 valence electrons. The summed E-state index contributed by atoms with van der Waals surface area (Å²) in [6, 6.07) is 4.07. The van der Waals surface area contributed by atoms with E-state index < -0.39 is 10.7 Å². The number of fused-ring (bicyclic) bond motifs is 1. The van der Waals surface area contributed by atoms with Crippen LogP contribution in [0.25, 0.3) is 11.1 Å². The highest BCUT2D eigenvalue weighted by Crippen LogP contribution is 2.20. The molecule has 1 aliphatic rings. The number of oxazole rings is 1. The molecule has 0 bridgehead atoms. The van der Waals surface area contributed by atoms with Crippen molar-refractivity contribution in [2.24, 2.45) is 5.92 Å². The van der Waals surface area contributed by atoms with E-state index in [0.717, 1.165) is 19.5 Å². The van der Waals surface area contributed by atoms with Gasteiger partial charge in [0.15, 0.2) is 5.58 Å². The van der Waals surface area contributed by atoms with E-state index in [1.54, 1.807) is 0 Å². The number of non-ortho nitro benzene ring substituents is 1. The molecule has 1 atom stereocenters. The summed E-state index contributed by atoms with van der Waals surface area (Å²) in [7, 11) is 0. The standard InChI is InChI=1S/C18H24N4O5/c23-17(20-9-7-13-3-1-8-19-12-13)4-2-10-21-15-6-5-14(22(25)26)11-16(15)27-18(21)24/h5-6,11,13,19H,1-4,7-10,12H2,(H,20,23). The molecule has 0 aliphatic carbocycles. The Morgan fingerprint density at radius 3 is 3.04 bits per heavy atom. The Hall–Kier alpha value is -2.68. The third kappa shape index (κ3) is 4.94. The second kappa shape index (κ2) is 8.81. The Bertz CT molecular complexity index is 866. The number of aryl methyl sites for hydroxylation is 1. The lowest BCUT2D eigenvalue weighted by atomic mass is 9.96. The van der Waals surface area contributed by atoms with Gasteiger partial charge in [-0.2, -0.15) is 0 Å². The molecule has 1 aromatic carbocycles. The molecule has 3 rings (SSSR count). The Labute approximate surface area is 155 Å². The van der Waals surface area contributed by atoms with Crippen LogP contribution >= 0.6 is 0 Å². The summed E-state index contributed by atoms with van der Waals surface area (Å²) >= 11 is 0. The largest absolute Gasteiger partial charge is 0.419 e. The Balaban J connectivity index is 1.47. The number of benzene rings is 1. The van der Waals surface area contributed by atoms with E-state index >= 15 is 0 Å². The number of amides is 1. The molecule has 27 heavy (non-hydrogen) atoms. The average molecular weight is 376 g/mol. The first-order chi connectivity index (χ1) is 13.0. The van der Waals surface area contributed by atoms with E-state index in [-0.39, 0.29) is 17.2 Å². The van der Waals surface area contributed by atoms with Crippen molar-refractivity contribution in [1.82, 2.24) is 15.2 Å². The Morgan fingerprint density at radius 1 is 1.44 bits per heavy atom. The van der Waals surface area contributed by atoms with Gasteiger partial charge in [0.1, 0.15) is 0 Å². The third-order valence-corrected chi connectivity index (χ3v) is 4.92. The summed E-state index contributed by atoms with van der Waals surface area (Å²) in [6.45, 7) is 3.09. The molecule has 2 heterocycles. The van der Waals surface area contributed by atoms with Crippen LogP contribution in [0.4, 0.5) is 5.69 Å². The number of piperidine rings is 1. The second-order valence-corrected chi connectivity index (χ2v) is 6.88. The maximum Gasteiger partial charge on any atom is 0.419 e. The maximum absolute atomic E-state index is 12.0. The van der Waals surface area contributed by atoms with Gasteiger partial charge in [0.25, 0.3) is 5.69 Å². The van der Waals surface area contributed by atoms with Crippen molar-refractivity contribution < 1.29 is 14.1 Å². The smallest absolute Gasteiger partial charge is 0.407 e. The van der Waals surface area contributed by atoms with Gasteiger partial charge in [-0.25, -0.2) is 4.79 Å². The molecule has 1 fully saturated rings. The topological polar surface area (TPSA) is 119 Å². The fourth-order valence-electron chi connectivity index (χ4n) is 3.45. The van der Waals surface area contributed by atoms with E-state index in [2.05, 4.69) is 10.6 Å². The summed E-state index contributed by atoms with van der Waals surface area (Å²) in [6.07, 6.45) is 4.17. The summed E-state index contributed by atoms with van der Waals surface area (Å²) in [4.78, 5) is 34.2. The zero-order valence-electron chi connectivity index (χ0n) is 15.1. The third-order valence-electron chi connectivity index (χ3n) is 4.92. The van der Waals surface area contributed by atoms with Crippen molar-refractivity contribution in [2.75, 3.05) is 19.6 Å². The summed E-state index contributed by atoms with van der Waals surface area (Å²) in [5.41, 5.74) is 0.548. The van der Waals surface area contributed by atoms with Crippen molar-refractivity contribution in [3.05, 3.63) is 38.9 Å². The van der Waals surface area contributed by atoms with Gasteiger partial charge in [-0.1, -0.05) is 0 Å². The molecule has 2 N–H and O–H groups in total. The van der Waals surface area contributed by atoms with E-state index in [4.69, 9.17) is 4.42 Å². The SMILES string of the molecule is O=C(CCCn1c(=O)oc2cc([N+](=O)[O-])ccc21)NCCC1CCCNC1. The molecule has 1 aliphatic heterocycles. The van der Waals surface area contributed by atoms with Gasteiger partial charge in [-0.15, -0.1) is 0 Å². The van der Waals surface area contributed by atoms with Crippen molar-refractivity contribution in [3.8, 4) is 0 Å². The number of hydrogen-bond donors (Lipinski definition) is 2. The predicted molar refractivity (Wildman–Crippen MR) is 99.6 cm³/mol. The Morgan fingerprint density at radius 2 is 2.30 bits per heavy atom. The molecule has 0 radical (unpaired) electrons. The monoisotopic (exact) mass is 376 g/mol. The van der Waals surface area contributed by atoms with Gasteiger partial charge in [-0.05, 0) is 50.8 Å². The van der Waals surface area contributed by atoms with Crippen molar-refractivity contribution in [1.29, 1.82) is 0 Å². The number of carbonyl (C=O) groups is 1. The lowest BCUT2D eigenvalue weighted by Gasteiger charge is -2.22. The predicted octanol–water partition coefficient (Wildman–Crippen LogP) is 1.79. The quantitative estimate of drug-likeness (QED) is 0.535. The zero-order valence-corrected chi connectivity index (χ0v) is 15.1. The number of nitro groups is 1. The minimum atomic E-state index is -0.573. The number of carbonyl (C=O) groups excluding carboxylic acids is 1. The number of hydrogen-bond acceptors (Lipinski definition) is 6. The van der Waals surface area contributed by atoms with Gasteiger partial charge >= 0.3 is 5.76 Å². The van der Waals surface area contributed by atoms with Crippen LogP contribution in [0.1, 0.15) is 32.1 Å². The Kier molecular flexibility index (Phi) is 6.23. The molecule has 0 saturated carbocycles. The highest BCUT2D eigenvalue weighted by molar-refractivity contribution is 5.76. The first-order valence-corrected chi connectivity index (χ1v) is 9.30. The lowest BCUT2D eigenvalue weighted by molar-refractivity contribution is -0.384. The average Bonchev–Trinajstić information content (AvgIpc) is 2.97. The first kappa shape index (κ1) is 19.1. The molecule has 1 amide bonds.